The van der Waals surface area contributed by atoms with Crippen LogP contribution in [0.25, 0.3) is 0 Å². The van der Waals surface area contributed by atoms with Gasteiger partial charge in [0.2, 0.25) is 0 Å². The number of unbranched alkanes of at least 4 members (excludes halogenated alkanes) is 28. The lowest BCUT2D eigenvalue weighted by atomic mass is 10.0. The molecule has 0 aromatic rings. The Morgan fingerprint density at radius 3 is 0.985 bits per heavy atom. The third kappa shape index (κ3) is 53.2. The lowest BCUT2D eigenvalue weighted by Gasteiger charge is -2.18. The summed E-state index contributed by atoms with van der Waals surface area (Å²) in [5, 5.41) is 0. The van der Waals surface area contributed by atoms with Gasteiger partial charge in [-0.1, -0.05) is 266 Å². The number of carbonyl (C=O) groups excluding carboxylic acids is 3. The molecule has 0 fully saturated rings. The molecule has 0 radical (unpaired) electrons. The molecule has 0 bridgehead atoms. The van der Waals surface area contributed by atoms with Crippen LogP contribution >= 0.6 is 0 Å². The topological polar surface area (TPSA) is 78.9 Å². The molecule has 0 saturated heterocycles. The molecule has 0 rings (SSSR count). The monoisotopic (exact) mass is 931 g/mol. The third-order valence-electron chi connectivity index (χ3n) is 11.8. The summed E-state index contributed by atoms with van der Waals surface area (Å²) >= 11 is 0. The van der Waals surface area contributed by atoms with E-state index in [9.17, 15) is 14.4 Å². The van der Waals surface area contributed by atoms with E-state index in [1.807, 2.05) is 72.9 Å². The Bertz CT molecular complexity index is 1350. The van der Waals surface area contributed by atoms with E-state index in [-0.39, 0.29) is 31.1 Å². The van der Waals surface area contributed by atoms with Crippen LogP contribution < -0.4 is 0 Å². The van der Waals surface area contributed by atoms with Gasteiger partial charge in [-0.25, -0.2) is 0 Å². The van der Waals surface area contributed by atoms with E-state index in [0.29, 0.717) is 19.3 Å². The second-order valence-corrected chi connectivity index (χ2v) is 18.3. The molecule has 0 saturated carbocycles. The molecule has 0 N–H and O–H groups in total. The highest BCUT2D eigenvalue weighted by molar-refractivity contribution is 5.71. The van der Waals surface area contributed by atoms with Crippen LogP contribution in [-0.4, -0.2) is 37.2 Å². The van der Waals surface area contributed by atoms with E-state index in [4.69, 9.17) is 14.2 Å². The lowest BCUT2D eigenvalue weighted by Crippen LogP contribution is -2.30. The molecule has 0 aromatic heterocycles. The fourth-order valence-electron chi connectivity index (χ4n) is 7.60. The predicted octanol–water partition coefficient (Wildman–Crippen LogP) is 18.5. The van der Waals surface area contributed by atoms with E-state index in [1.54, 1.807) is 0 Å². The average Bonchev–Trinajstić information content (AvgIpc) is 3.33. The van der Waals surface area contributed by atoms with Crippen molar-refractivity contribution < 1.29 is 28.6 Å². The van der Waals surface area contributed by atoms with Gasteiger partial charge in [0.05, 0.1) is 0 Å². The minimum atomic E-state index is -0.798. The molecule has 6 heteroatoms. The van der Waals surface area contributed by atoms with Crippen molar-refractivity contribution in [1.82, 2.24) is 0 Å². The zero-order chi connectivity index (χ0) is 48.6. The summed E-state index contributed by atoms with van der Waals surface area (Å²) < 4.78 is 16.8. The maximum Gasteiger partial charge on any atom is 0.306 e. The number of allylic oxidation sites excluding steroid dienone is 16. The van der Waals surface area contributed by atoms with Crippen LogP contribution in [-0.2, 0) is 28.6 Å². The number of rotatable bonds is 49. The molecule has 6 nitrogen and oxygen atoms in total. The van der Waals surface area contributed by atoms with Gasteiger partial charge in [0.25, 0.3) is 0 Å². The highest BCUT2D eigenvalue weighted by atomic mass is 16.6. The van der Waals surface area contributed by atoms with Crippen molar-refractivity contribution in [1.29, 1.82) is 0 Å². The second-order valence-electron chi connectivity index (χ2n) is 18.3. The molecule has 1 atom stereocenters. The molecule has 0 aliphatic rings. The number of ether oxygens (including phenoxy) is 3. The number of hydrogen-bond donors (Lipinski definition) is 0. The molecule has 382 valence electrons. The largest absolute Gasteiger partial charge is 0.462 e. The van der Waals surface area contributed by atoms with Gasteiger partial charge in [-0.05, 0) is 64.2 Å². The number of hydrogen-bond acceptors (Lipinski definition) is 6. The van der Waals surface area contributed by atoms with Crippen LogP contribution in [0.4, 0.5) is 0 Å². The van der Waals surface area contributed by atoms with Crippen LogP contribution in [0, 0.1) is 0 Å². The summed E-state index contributed by atoms with van der Waals surface area (Å²) in [5.41, 5.74) is 0. The summed E-state index contributed by atoms with van der Waals surface area (Å²) in [4.78, 5) is 38.1. The summed E-state index contributed by atoms with van der Waals surface area (Å²) in [6.45, 7) is 6.45. The Kier molecular flexibility index (Phi) is 51.9. The van der Waals surface area contributed by atoms with Gasteiger partial charge in [-0.15, -0.1) is 0 Å². The Labute approximate surface area is 413 Å². The fourth-order valence-corrected chi connectivity index (χ4v) is 7.60. The van der Waals surface area contributed by atoms with E-state index >= 15 is 0 Å². The van der Waals surface area contributed by atoms with Crippen molar-refractivity contribution in [3.63, 3.8) is 0 Å². The number of carbonyl (C=O) groups is 3. The van der Waals surface area contributed by atoms with Crippen molar-refractivity contribution in [2.75, 3.05) is 13.2 Å². The summed E-state index contributed by atoms with van der Waals surface area (Å²) in [5.74, 6) is -0.940. The Morgan fingerprint density at radius 2 is 0.597 bits per heavy atom. The van der Waals surface area contributed by atoms with E-state index < -0.39 is 6.10 Å². The quantitative estimate of drug-likeness (QED) is 0.0199. The van der Waals surface area contributed by atoms with Gasteiger partial charge in [0.15, 0.2) is 6.10 Å². The molecule has 0 aliphatic heterocycles. The Hall–Kier alpha value is -3.67. The molecule has 1 unspecified atom stereocenters. The highest BCUT2D eigenvalue weighted by Gasteiger charge is 2.19. The van der Waals surface area contributed by atoms with Crippen LogP contribution in [0.2, 0.25) is 0 Å². The van der Waals surface area contributed by atoms with Crippen LogP contribution in [0.15, 0.2) is 97.2 Å². The van der Waals surface area contributed by atoms with Gasteiger partial charge in [-0.2, -0.15) is 0 Å². The van der Waals surface area contributed by atoms with Gasteiger partial charge < -0.3 is 14.2 Å². The summed E-state index contributed by atoms with van der Waals surface area (Å²) in [6.07, 6.45) is 72.4. The second kappa shape index (κ2) is 54.9. The molecule has 0 heterocycles. The van der Waals surface area contributed by atoms with Gasteiger partial charge in [0, 0.05) is 19.3 Å². The molecule has 0 aliphatic carbocycles. The van der Waals surface area contributed by atoms with E-state index in [0.717, 1.165) is 70.6 Å². The molecule has 0 amide bonds. The lowest BCUT2D eigenvalue weighted by molar-refractivity contribution is -0.167. The van der Waals surface area contributed by atoms with Gasteiger partial charge >= 0.3 is 17.9 Å². The van der Waals surface area contributed by atoms with E-state index in [2.05, 4.69) is 45.1 Å². The number of esters is 3. The van der Waals surface area contributed by atoms with E-state index in [1.165, 1.54) is 141 Å². The maximum atomic E-state index is 12.8. The zero-order valence-electron chi connectivity index (χ0n) is 43.6. The van der Waals surface area contributed by atoms with Gasteiger partial charge in [0.1, 0.15) is 13.2 Å². The first-order chi connectivity index (χ1) is 33.0. The predicted molar refractivity (Wildman–Crippen MR) is 288 cm³/mol. The zero-order valence-corrected chi connectivity index (χ0v) is 43.6. The van der Waals surface area contributed by atoms with Crippen molar-refractivity contribution in [3.05, 3.63) is 97.2 Å². The van der Waals surface area contributed by atoms with Crippen molar-refractivity contribution in [3.8, 4) is 0 Å². The van der Waals surface area contributed by atoms with Crippen molar-refractivity contribution >= 4 is 17.9 Å². The maximum absolute atomic E-state index is 12.8. The van der Waals surface area contributed by atoms with Gasteiger partial charge in [-0.3, -0.25) is 14.4 Å². The summed E-state index contributed by atoms with van der Waals surface area (Å²) in [6, 6.07) is 0. The first-order valence-electron chi connectivity index (χ1n) is 27.8. The smallest absolute Gasteiger partial charge is 0.306 e. The van der Waals surface area contributed by atoms with Crippen molar-refractivity contribution in [2.24, 2.45) is 0 Å². The highest BCUT2D eigenvalue weighted by Crippen LogP contribution is 2.15. The average molecular weight is 931 g/mol. The SMILES string of the molecule is CC\C=C/C=C\C=C/C=C\C=C\C=C/C=C\CCCCCC(=O)OCC(COC(=O)CCCCCCCCCCCCCCCCC)OC(=O)CCCCCCCCC/C=C\CCCCCC. The Morgan fingerprint density at radius 1 is 0.313 bits per heavy atom. The van der Waals surface area contributed by atoms with Crippen molar-refractivity contribution in [2.45, 2.75) is 258 Å². The molecule has 67 heavy (non-hydrogen) atoms. The molecule has 0 aromatic carbocycles. The Balaban J connectivity index is 4.49. The minimum Gasteiger partial charge on any atom is -0.462 e. The van der Waals surface area contributed by atoms with Crippen LogP contribution in [0.1, 0.15) is 252 Å². The fraction of sp³-hybridized carbons (Fsp3) is 0.689. The minimum absolute atomic E-state index is 0.0928. The van der Waals surface area contributed by atoms with Crippen LogP contribution in [0.3, 0.4) is 0 Å². The first-order valence-corrected chi connectivity index (χ1v) is 27.8. The molecular weight excluding hydrogens is 829 g/mol. The van der Waals surface area contributed by atoms with Crippen LogP contribution in [0.5, 0.6) is 0 Å². The summed E-state index contributed by atoms with van der Waals surface area (Å²) in [7, 11) is 0. The third-order valence-corrected chi connectivity index (χ3v) is 11.8. The first kappa shape index (κ1) is 63.3. The normalized spacial score (nSPS) is 12.8. The molecule has 0 spiro atoms. The standard InChI is InChI=1S/C61H102O6/c1-4-7-10-13-16-19-22-25-28-29-30-31-34-36-39-42-45-48-51-54-60(63)66-57-58(67-61(64)55-52-49-46-43-40-37-33-27-24-21-18-15-12-9-6-3)56-65-59(62)53-50-47-44-41-38-35-32-26-23-20-17-14-11-8-5-2/h7,10,13,16,19,21-22,24-25,28-31,34,36,39,58H,4-6,8-9,11-12,14-15,17-18,20,23,26-27,32-33,35,37-38,40-57H2,1-3H3/b10-7-,16-13-,22-19-,24-21-,28-25-,30-29+,34-31-,39-36-. The molecular formula is C61H102O6.